The van der Waals surface area contributed by atoms with Gasteiger partial charge < -0.3 is 20.8 Å². The van der Waals surface area contributed by atoms with E-state index in [1.165, 1.54) is 0 Å². The van der Waals surface area contributed by atoms with E-state index in [9.17, 15) is 22.8 Å². The summed E-state index contributed by atoms with van der Waals surface area (Å²) >= 11 is 5.60. The van der Waals surface area contributed by atoms with Crippen LogP contribution in [0.25, 0.3) is 0 Å². The van der Waals surface area contributed by atoms with Gasteiger partial charge in [0.15, 0.2) is 6.04 Å². The number of rotatable bonds is 4. The number of hydrogen-bond acceptors (Lipinski definition) is 3. The van der Waals surface area contributed by atoms with Gasteiger partial charge in [0.2, 0.25) is 0 Å². The number of carboxylic acid groups (broad SMARTS) is 1. The van der Waals surface area contributed by atoms with E-state index in [0.29, 0.717) is 6.07 Å². The molecule has 0 saturated carbocycles. The van der Waals surface area contributed by atoms with Crippen LogP contribution in [0.5, 0.6) is 0 Å². The molecular weight excluding hydrogens is 317 g/mol. The van der Waals surface area contributed by atoms with Gasteiger partial charge in [-0.05, 0) is 12.1 Å². The Morgan fingerprint density at radius 3 is 2.43 bits per heavy atom. The van der Waals surface area contributed by atoms with Gasteiger partial charge in [-0.25, -0.2) is 9.59 Å². The molecule has 1 aromatic rings. The van der Waals surface area contributed by atoms with E-state index < -0.39 is 42.1 Å². The Balaban J connectivity index is 2.98. The highest BCUT2D eigenvalue weighted by Crippen LogP contribution is 2.38. The minimum Gasteiger partial charge on any atom is -0.480 e. The van der Waals surface area contributed by atoms with E-state index in [4.69, 9.17) is 21.8 Å². The van der Waals surface area contributed by atoms with Crippen molar-refractivity contribution in [2.45, 2.75) is 12.2 Å². The minimum atomic E-state index is -4.75. The summed E-state index contributed by atoms with van der Waals surface area (Å²) in [6.07, 6.45) is -4.75. The summed E-state index contributed by atoms with van der Waals surface area (Å²) in [7, 11) is 0. The molecule has 4 N–H and O–H groups in total. The number of carbonyl (C=O) groups excluding carboxylic acids is 1. The molecule has 21 heavy (non-hydrogen) atoms. The first-order valence-corrected chi connectivity index (χ1v) is 5.81. The first kappa shape index (κ1) is 17.1. The van der Waals surface area contributed by atoms with Crippen molar-refractivity contribution in [1.29, 1.82) is 0 Å². The second-order valence-electron chi connectivity index (χ2n) is 3.83. The number of amides is 2. The van der Waals surface area contributed by atoms with Crippen LogP contribution < -0.4 is 10.6 Å². The summed E-state index contributed by atoms with van der Waals surface area (Å²) in [6.45, 7) is -0.919. The summed E-state index contributed by atoms with van der Waals surface area (Å²) < 4.78 is 38.3. The van der Waals surface area contributed by atoms with Gasteiger partial charge in [-0.1, -0.05) is 17.7 Å². The fourth-order valence-electron chi connectivity index (χ4n) is 1.38. The van der Waals surface area contributed by atoms with E-state index in [1.54, 1.807) is 5.32 Å². The number of aliphatic hydroxyl groups is 1. The molecule has 2 amide bonds. The third-order valence-corrected chi connectivity index (χ3v) is 2.66. The number of carbonyl (C=O) groups is 2. The Morgan fingerprint density at radius 2 is 1.95 bits per heavy atom. The van der Waals surface area contributed by atoms with Crippen molar-refractivity contribution in [2.75, 3.05) is 11.9 Å². The lowest BCUT2D eigenvalue weighted by molar-refractivity contribution is -0.140. The molecule has 1 rings (SSSR count). The average molecular weight is 327 g/mol. The minimum absolute atomic E-state index is 0.365. The number of benzene rings is 1. The van der Waals surface area contributed by atoms with Crippen molar-refractivity contribution in [3.05, 3.63) is 28.8 Å². The summed E-state index contributed by atoms with van der Waals surface area (Å²) in [4.78, 5) is 22.1. The van der Waals surface area contributed by atoms with Crippen LogP contribution in [0.1, 0.15) is 5.56 Å². The zero-order chi connectivity index (χ0) is 16.2. The highest BCUT2D eigenvalue weighted by atomic mass is 35.5. The molecule has 0 saturated heterocycles. The number of hydrogen-bond donors (Lipinski definition) is 4. The van der Waals surface area contributed by atoms with Gasteiger partial charge in [-0.15, -0.1) is 0 Å². The Kier molecular flexibility index (Phi) is 5.39. The van der Waals surface area contributed by atoms with E-state index in [-0.39, 0.29) is 5.02 Å². The van der Waals surface area contributed by atoms with Crippen LogP contribution in [0.4, 0.5) is 23.7 Å². The maximum absolute atomic E-state index is 12.8. The molecule has 0 bridgehead atoms. The maximum Gasteiger partial charge on any atom is 0.418 e. The number of aliphatic hydroxyl groups excluding tert-OH is 1. The lowest BCUT2D eigenvalue weighted by Crippen LogP contribution is -2.45. The Bertz CT molecular complexity index is 551. The molecule has 6 nitrogen and oxygen atoms in total. The first-order chi connectivity index (χ1) is 9.66. The van der Waals surface area contributed by atoms with Gasteiger partial charge in [-0.2, -0.15) is 13.2 Å². The predicted molar refractivity (Wildman–Crippen MR) is 67.1 cm³/mol. The monoisotopic (exact) mass is 326 g/mol. The molecular formula is C11H10ClF3N2O4. The van der Waals surface area contributed by atoms with Crippen molar-refractivity contribution in [3.8, 4) is 0 Å². The number of aliphatic carboxylic acids is 1. The lowest BCUT2D eigenvalue weighted by atomic mass is 10.1. The predicted octanol–water partition coefficient (Wildman–Crippen LogP) is 1.93. The third-order valence-electron chi connectivity index (χ3n) is 2.34. The normalized spacial score (nSPS) is 12.6. The molecule has 0 unspecified atom stereocenters. The number of carboxylic acids is 1. The van der Waals surface area contributed by atoms with Crippen LogP contribution in [0.15, 0.2) is 18.2 Å². The molecule has 0 fully saturated rings. The standard InChI is InChI=1S/C11H10ClF3N2O4/c12-6-3-1-2-5(11(13,14)15)8(6)17-10(21)16-7(4-18)9(19)20/h1-3,7,18H,4H2,(H,19,20)(H2,16,17,21)/t7-/m1/s1. The summed E-state index contributed by atoms with van der Waals surface area (Å²) in [5.74, 6) is -1.54. The van der Waals surface area contributed by atoms with Gasteiger partial charge in [0, 0.05) is 0 Å². The number of anilines is 1. The van der Waals surface area contributed by atoms with Crippen molar-refractivity contribution in [2.24, 2.45) is 0 Å². The van der Waals surface area contributed by atoms with Gasteiger partial charge in [0.1, 0.15) is 0 Å². The highest BCUT2D eigenvalue weighted by molar-refractivity contribution is 6.34. The molecule has 0 aliphatic carbocycles. The zero-order valence-electron chi connectivity index (χ0n) is 10.2. The summed E-state index contributed by atoms with van der Waals surface area (Å²) in [5.41, 5.74) is -1.88. The van der Waals surface area contributed by atoms with E-state index in [0.717, 1.165) is 12.1 Å². The topological polar surface area (TPSA) is 98.7 Å². The molecule has 116 valence electrons. The van der Waals surface area contributed by atoms with Gasteiger partial charge in [0.05, 0.1) is 22.9 Å². The largest absolute Gasteiger partial charge is 0.480 e. The zero-order valence-corrected chi connectivity index (χ0v) is 11.0. The van der Waals surface area contributed by atoms with Crippen molar-refractivity contribution in [1.82, 2.24) is 5.32 Å². The van der Waals surface area contributed by atoms with Crippen molar-refractivity contribution < 1.29 is 33.0 Å². The lowest BCUT2D eigenvalue weighted by Gasteiger charge is -2.17. The summed E-state index contributed by atoms with van der Waals surface area (Å²) in [5, 5.41) is 20.6. The molecule has 0 heterocycles. The smallest absolute Gasteiger partial charge is 0.418 e. The van der Waals surface area contributed by atoms with Gasteiger partial charge in [-0.3, -0.25) is 0 Å². The second kappa shape index (κ2) is 6.64. The van der Waals surface area contributed by atoms with E-state index in [1.807, 2.05) is 5.32 Å². The third kappa shape index (κ3) is 4.50. The fourth-order valence-corrected chi connectivity index (χ4v) is 1.60. The maximum atomic E-state index is 12.8. The highest BCUT2D eigenvalue weighted by Gasteiger charge is 2.35. The Morgan fingerprint density at radius 1 is 1.33 bits per heavy atom. The number of halogens is 4. The van der Waals surface area contributed by atoms with E-state index >= 15 is 0 Å². The van der Waals surface area contributed by atoms with Gasteiger partial charge in [0.25, 0.3) is 0 Å². The van der Waals surface area contributed by atoms with Crippen molar-refractivity contribution in [3.63, 3.8) is 0 Å². The van der Waals surface area contributed by atoms with Crippen LogP contribution in [0, 0.1) is 0 Å². The van der Waals surface area contributed by atoms with E-state index in [2.05, 4.69) is 0 Å². The quantitative estimate of drug-likeness (QED) is 0.679. The van der Waals surface area contributed by atoms with Gasteiger partial charge >= 0.3 is 18.2 Å². The SMILES string of the molecule is O=C(Nc1c(Cl)cccc1C(F)(F)F)N[C@H](CO)C(=O)O. The van der Waals surface area contributed by atoms with Crippen LogP contribution in [0.2, 0.25) is 5.02 Å². The second-order valence-corrected chi connectivity index (χ2v) is 4.24. The van der Waals surface area contributed by atoms with Crippen LogP contribution in [-0.4, -0.2) is 34.9 Å². The molecule has 0 aliphatic heterocycles. The Hall–Kier alpha value is -2.00. The summed E-state index contributed by atoms with van der Waals surface area (Å²) in [6, 6.07) is 0.00838. The molecule has 0 aromatic heterocycles. The van der Waals surface area contributed by atoms with Crippen LogP contribution in [0.3, 0.4) is 0 Å². The molecule has 0 spiro atoms. The fraction of sp³-hybridized carbons (Fsp3) is 0.273. The average Bonchev–Trinajstić information content (AvgIpc) is 2.36. The van der Waals surface area contributed by atoms with Crippen molar-refractivity contribution >= 4 is 29.3 Å². The number of alkyl halides is 3. The molecule has 0 radical (unpaired) electrons. The number of nitrogens with one attached hydrogen (secondary N) is 2. The Labute approximate surface area is 121 Å². The number of para-hydroxylation sites is 1. The molecule has 1 aromatic carbocycles. The first-order valence-electron chi connectivity index (χ1n) is 5.43. The van der Waals surface area contributed by atoms with Crippen LogP contribution in [-0.2, 0) is 11.0 Å². The van der Waals surface area contributed by atoms with Crippen LogP contribution >= 0.6 is 11.6 Å². The molecule has 1 atom stereocenters. The number of urea groups is 1. The molecule has 10 heteroatoms. The molecule has 0 aliphatic rings.